The lowest BCUT2D eigenvalue weighted by Gasteiger charge is -2.54. The van der Waals surface area contributed by atoms with Gasteiger partial charge in [-0.15, -0.1) is 0 Å². The van der Waals surface area contributed by atoms with E-state index in [1.165, 1.54) is 37.8 Å². The van der Waals surface area contributed by atoms with Crippen molar-refractivity contribution in [1.29, 1.82) is 0 Å². The van der Waals surface area contributed by atoms with Crippen LogP contribution < -0.4 is 0 Å². The molecule has 1 N–H and O–H groups in total. The van der Waals surface area contributed by atoms with Gasteiger partial charge in [0.1, 0.15) is 5.82 Å². The Kier molecular flexibility index (Phi) is 3.31. The van der Waals surface area contributed by atoms with Crippen LogP contribution in [-0.2, 0) is 10.2 Å². The second kappa shape index (κ2) is 4.87. The van der Waals surface area contributed by atoms with E-state index in [-0.39, 0.29) is 11.2 Å². The SMILES string of the molecule is O=C(O)C1(c2cccc(F)c2)CC2(CCCCCC2)C1. The minimum absolute atomic E-state index is 0.196. The summed E-state index contributed by atoms with van der Waals surface area (Å²) in [5.41, 5.74) is -0.0203. The van der Waals surface area contributed by atoms with E-state index in [1.807, 2.05) is 0 Å². The largest absolute Gasteiger partial charge is 0.481 e. The lowest BCUT2D eigenvalue weighted by molar-refractivity contribution is -0.155. The molecule has 0 radical (unpaired) electrons. The molecule has 0 atom stereocenters. The molecule has 1 aromatic carbocycles. The van der Waals surface area contributed by atoms with E-state index < -0.39 is 11.4 Å². The molecule has 2 aliphatic carbocycles. The fourth-order valence-corrected chi connectivity index (χ4v) is 4.33. The van der Waals surface area contributed by atoms with E-state index in [4.69, 9.17) is 0 Å². The molecule has 108 valence electrons. The fraction of sp³-hybridized carbons (Fsp3) is 0.588. The number of hydrogen-bond donors (Lipinski definition) is 1. The van der Waals surface area contributed by atoms with Gasteiger partial charge < -0.3 is 5.11 Å². The molecule has 20 heavy (non-hydrogen) atoms. The van der Waals surface area contributed by atoms with Crippen LogP contribution >= 0.6 is 0 Å². The number of carbonyl (C=O) groups is 1. The number of hydrogen-bond acceptors (Lipinski definition) is 1. The van der Waals surface area contributed by atoms with E-state index in [9.17, 15) is 14.3 Å². The Morgan fingerprint density at radius 1 is 1.10 bits per heavy atom. The first kappa shape index (κ1) is 13.6. The molecular weight excluding hydrogens is 255 g/mol. The predicted molar refractivity (Wildman–Crippen MR) is 75.1 cm³/mol. The lowest BCUT2D eigenvalue weighted by atomic mass is 9.48. The van der Waals surface area contributed by atoms with Crippen LogP contribution in [0.25, 0.3) is 0 Å². The minimum Gasteiger partial charge on any atom is -0.481 e. The maximum atomic E-state index is 13.4. The Labute approximate surface area is 119 Å². The van der Waals surface area contributed by atoms with Crippen molar-refractivity contribution in [2.24, 2.45) is 5.41 Å². The molecule has 1 spiro atoms. The third kappa shape index (κ3) is 2.13. The van der Waals surface area contributed by atoms with Gasteiger partial charge in [0.2, 0.25) is 0 Å². The van der Waals surface area contributed by atoms with Gasteiger partial charge in [0, 0.05) is 0 Å². The Balaban J connectivity index is 1.88. The van der Waals surface area contributed by atoms with Crippen LogP contribution in [-0.4, -0.2) is 11.1 Å². The fourth-order valence-electron chi connectivity index (χ4n) is 4.33. The molecule has 2 aliphatic rings. The van der Waals surface area contributed by atoms with Crippen molar-refractivity contribution >= 4 is 5.97 Å². The molecule has 0 aliphatic heterocycles. The lowest BCUT2D eigenvalue weighted by Crippen LogP contribution is -2.54. The number of aliphatic carboxylic acids is 1. The van der Waals surface area contributed by atoms with Crippen molar-refractivity contribution in [1.82, 2.24) is 0 Å². The highest BCUT2D eigenvalue weighted by Gasteiger charge is 2.59. The van der Waals surface area contributed by atoms with Gasteiger partial charge in [0.25, 0.3) is 0 Å². The van der Waals surface area contributed by atoms with Gasteiger partial charge in [-0.2, -0.15) is 0 Å². The zero-order valence-corrected chi connectivity index (χ0v) is 11.7. The highest BCUT2D eigenvalue weighted by atomic mass is 19.1. The number of carboxylic acid groups (broad SMARTS) is 1. The van der Waals surface area contributed by atoms with E-state index in [2.05, 4.69) is 0 Å². The smallest absolute Gasteiger partial charge is 0.314 e. The predicted octanol–water partition coefficient (Wildman–Crippen LogP) is 4.28. The van der Waals surface area contributed by atoms with Gasteiger partial charge >= 0.3 is 5.97 Å². The van der Waals surface area contributed by atoms with Crippen LogP contribution in [0, 0.1) is 11.2 Å². The van der Waals surface area contributed by atoms with E-state index in [1.54, 1.807) is 12.1 Å². The molecule has 1 aromatic rings. The van der Waals surface area contributed by atoms with Crippen LogP contribution in [0.1, 0.15) is 56.9 Å². The zero-order chi connectivity index (χ0) is 14.2. The molecule has 3 heteroatoms. The highest BCUT2D eigenvalue weighted by Crippen LogP contribution is 2.61. The van der Waals surface area contributed by atoms with Crippen molar-refractivity contribution in [2.75, 3.05) is 0 Å². The monoisotopic (exact) mass is 276 g/mol. The van der Waals surface area contributed by atoms with Crippen LogP contribution in [0.5, 0.6) is 0 Å². The third-order valence-electron chi connectivity index (χ3n) is 5.30. The van der Waals surface area contributed by atoms with E-state index >= 15 is 0 Å². The first-order valence-electron chi connectivity index (χ1n) is 7.56. The van der Waals surface area contributed by atoms with Crippen molar-refractivity contribution < 1.29 is 14.3 Å². The van der Waals surface area contributed by atoms with E-state index in [0.717, 1.165) is 12.8 Å². The number of halogens is 1. The summed E-state index contributed by atoms with van der Waals surface area (Å²) in [4.78, 5) is 11.8. The average Bonchev–Trinajstić information content (AvgIpc) is 2.61. The summed E-state index contributed by atoms with van der Waals surface area (Å²) < 4.78 is 13.4. The van der Waals surface area contributed by atoms with Crippen molar-refractivity contribution in [2.45, 2.75) is 56.8 Å². The summed E-state index contributed by atoms with van der Waals surface area (Å²) in [7, 11) is 0. The Morgan fingerprint density at radius 3 is 2.30 bits per heavy atom. The van der Waals surface area contributed by atoms with Gasteiger partial charge in [0.05, 0.1) is 5.41 Å². The molecule has 0 bridgehead atoms. The van der Waals surface area contributed by atoms with Crippen LogP contribution in [0.2, 0.25) is 0 Å². The van der Waals surface area contributed by atoms with Crippen LogP contribution in [0.4, 0.5) is 4.39 Å². The maximum absolute atomic E-state index is 13.4. The first-order chi connectivity index (χ1) is 9.56. The molecule has 0 aromatic heterocycles. The number of rotatable bonds is 2. The van der Waals surface area contributed by atoms with Crippen LogP contribution in [0.3, 0.4) is 0 Å². The standard InChI is InChI=1S/C17H21FO2/c18-14-7-5-6-13(10-14)17(15(19)20)11-16(12-17)8-3-1-2-4-9-16/h5-7,10H,1-4,8-9,11-12H2,(H,19,20). The van der Waals surface area contributed by atoms with Crippen molar-refractivity contribution in [3.63, 3.8) is 0 Å². The summed E-state index contributed by atoms with van der Waals surface area (Å²) in [6.45, 7) is 0. The molecule has 2 saturated carbocycles. The maximum Gasteiger partial charge on any atom is 0.314 e. The van der Waals surface area contributed by atoms with Crippen LogP contribution in [0.15, 0.2) is 24.3 Å². The van der Waals surface area contributed by atoms with Gasteiger partial charge in [-0.1, -0.05) is 37.8 Å². The summed E-state index contributed by atoms with van der Waals surface area (Å²) in [5.74, 6) is -1.14. The molecule has 2 fully saturated rings. The second-order valence-corrected chi connectivity index (χ2v) is 6.67. The molecule has 0 unspecified atom stereocenters. The summed E-state index contributed by atoms with van der Waals surface area (Å²) in [6.07, 6.45) is 8.58. The molecular formula is C17H21FO2. The van der Waals surface area contributed by atoms with Gasteiger partial charge in [-0.25, -0.2) is 4.39 Å². The van der Waals surface area contributed by atoms with Crippen molar-refractivity contribution in [3.8, 4) is 0 Å². The van der Waals surface area contributed by atoms with Gasteiger partial charge in [-0.05, 0) is 48.8 Å². The average molecular weight is 276 g/mol. The van der Waals surface area contributed by atoms with Gasteiger partial charge in [0.15, 0.2) is 0 Å². The summed E-state index contributed by atoms with van der Waals surface area (Å²) >= 11 is 0. The topological polar surface area (TPSA) is 37.3 Å². The molecule has 0 saturated heterocycles. The Morgan fingerprint density at radius 2 is 1.75 bits per heavy atom. The van der Waals surface area contributed by atoms with Gasteiger partial charge in [-0.3, -0.25) is 4.79 Å². The second-order valence-electron chi connectivity index (χ2n) is 6.67. The van der Waals surface area contributed by atoms with Crippen molar-refractivity contribution in [3.05, 3.63) is 35.6 Å². The molecule has 0 heterocycles. The third-order valence-corrected chi connectivity index (χ3v) is 5.30. The highest BCUT2D eigenvalue weighted by molar-refractivity contribution is 5.83. The number of benzene rings is 1. The molecule has 0 amide bonds. The minimum atomic E-state index is -0.855. The quantitative estimate of drug-likeness (QED) is 0.875. The normalized spacial score (nSPS) is 23.9. The summed E-state index contributed by atoms with van der Waals surface area (Å²) in [6, 6.07) is 6.16. The Hall–Kier alpha value is -1.38. The Bertz CT molecular complexity index is 507. The number of carboxylic acids is 1. The molecule has 2 nitrogen and oxygen atoms in total. The first-order valence-corrected chi connectivity index (χ1v) is 7.56. The zero-order valence-electron chi connectivity index (χ0n) is 11.7. The molecule has 3 rings (SSSR count). The summed E-state index contributed by atoms with van der Waals surface area (Å²) in [5, 5.41) is 9.69. The van der Waals surface area contributed by atoms with E-state index in [0.29, 0.717) is 18.4 Å².